The van der Waals surface area contributed by atoms with Gasteiger partial charge >= 0.3 is 5.97 Å². The van der Waals surface area contributed by atoms with Crippen LogP contribution in [0.1, 0.15) is 25.5 Å². The van der Waals surface area contributed by atoms with Gasteiger partial charge in [0, 0.05) is 0 Å². The second kappa shape index (κ2) is 6.79. The van der Waals surface area contributed by atoms with Crippen molar-refractivity contribution in [2.24, 2.45) is 0 Å². The maximum absolute atomic E-state index is 14.2. The Labute approximate surface area is 137 Å². The van der Waals surface area contributed by atoms with Gasteiger partial charge in [-0.1, -0.05) is 30.3 Å². The van der Waals surface area contributed by atoms with Crippen molar-refractivity contribution in [3.8, 4) is 0 Å². The Hall–Kier alpha value is -2.74. The molecule has 0 saturated carbocycles. The highest BCUT2D eigenvalue weighted by Gasteiger charge is 2.52. The van der Waals surface area contributed by atoms with Crippen molar-refractivity contribution in [2.75, 3.05) is 0 Å². The molecule has 1 saturated heterocycles. The molecule has 1 aliphatic rings. The molecule has 1 aromatic carbocycles. The number of aliphatic hydroxyl groups excluding tert-OH is 1. The quantitative estimate of drug-likeness (QED) is 0.417. The number of aliphatic hydroxyl groups is 1. The first-order valence-corrected chi connectivity index (χ1v) is 7.17. The molecular formula is C16H17FN2O5. The standard InChI is InChI=1S/C16H17FN2O5/c1-8(2)11(16(23)24)19-13(17)10(15(19)22)18-14(21)12(20)9-6-4-3-5-7-9/h3-7,10,12-13,20H,1-2H3,(H,18,21)(H,23,24). The molecule has 8 heteroatoms. The summed E-state index contributed by atoms with van der Waals surface area (Å²) in [6.45, 7) is 2.88. The lowest BCUT2D eigenvalue weighted by Gasteiger charge is -2.42. The van der Waals surface area contributed by atoms with Crippen LogP contribution in [0.4, 0.5) is 4.39 Å². The Balaban J connectivity index is 2.08. The number of carbonyl (C=O) groups is 3. The Morgan fingerprint density at radius 1 is 1.25 bits per heavy atom. The van der Waals surface area contributed by atoms with E-state index in [1.54, 1.807) is 18.2 Å². The van der Waals surface area contributed by atoms with Gasteiger partial charge in [0.15, 0.2) is 12.1 Å². The number of nitrogens with zero attached hydrogens (tertiary/aromatic N) is 1. The number of amides is 2. The first-order chi connectivity index (χ1) is 11.3. The van der Waals surface area contributed by atoms with E-state index in [1.165, 1.54) is 26.0 Å². The van der Waals surface area contributed by atoms with Crippen molar-refractivity contribution in [3.05, 3.63) is 47.2 Å². The number of carboxylic acid groups (broad SMARTS) is 1. The zero-order valence-electron chi connectivity index (χ0n) is 13.1. The Morgan fingerprint density at radius 2 is 1.83 bits per heavy atom. The zero-order chi connectivity index (χ0) is 18.0. The fourth-order valence-corrected chi connectivity index (χ4v) is 2.40. The van der Waals surface area contributed by atoms with Crippen LogP contribution < -0.4 is 5.32 Å². The molecule has 3 unspecified atom stereocenters. The van der Waals surface area contributed by atoms with Gasteiger partial charge in [0.1, 0.15) is 5.70 Å². The number of carbonyl (C=O) groups excluding carboxylic acids is 2. The summed E-state index contributed by atoms with van der Waals surface area (Å²) in [6, 6.07) is 6.44. The van der Waals surface area contributed by atoms with E-state index >= 15 is 0 Å². The zero-order valence-corrected chi connectivity index (χ0v) is 13.1. The number of aliphatic carboxylic acids is 1. The summed E-state index contributed by atoms with van der Waals surface area (Å²) in [5, 5.41) is 21.1. The number of halogens is 1. The van der Waals surface area contributed by atoms with Crippen LogP contribution in [0.2, 0.25) is 0 Å². The highest BCUT2D eigenvalue weighted by Crippen LogP contribution is 2.29. The molecule has 128 valence electrons. The van der Waals surface area contributed by atoms with Gasteiger partial charge in [-0.25, -0.2) is 9.18 Å². The minimum Gasteiger partial charge on any atom is -0.477 e. The maximum Gasteiger partial charge on any atom is 0.352 e. The van der Waals surface area contributed by atoms with Crippen molar-refractivity contribution in [1.82, 2.24) is 10.2 Å². The predicted molar refractivity (Wildman–Crippen MR) is 81.1 cm³/mol. The molecule has 0 aliphatic carbocycles. The highest BCUT2D eigenvalue weighted by molar-refractivity contribution is 6.01. The summed E-state index contributed by atoms with van der Waals surface area (Å²) in [4.78, 5) is 35.6. The van der Waals surface area contributed by atoms with E-state index in [0.29, 0.717) is 10.5 Å². The topological polar surface area (TPSA) is 107 Å². The molecular weight excluding hydrogens is 319 g/mol. The van der Waals surface area contributed by atoms with Crippen molar-refractivity contribution in [2.45, 2.75) is 32.3 Å². The second-order valence-corrected chi connectivity index (χ2v) is 5.53. The third-order valence-electron chi connectivity index (χ3n) is 3.60. The summed E-state index contributed by atoms with van der Waals surface area (Å²) < 4.78 is 14.2. The third kappa shape index (κ3) is 3.13. The van der Waals surface area contributed by atoms with E-state index in [4.69, 9.17) is 5.11 Å². The number of benzene rings is 1. The lowest BCUT2D eigenvalue weighted by Crippen LogP contribution is -2.69. The molecule has 0 radical (unpaired) electrons. The Bertz CT molecular complexity index is 700. The first kappa shape index (κ1) is 17.6. The molecule has 3 N–H and O–H groups in total. The van der Waals surface area contributed by atoms with Crippen molar-refractivity contribution in [3.63, 3.8) is 0 Å². The summed E-state index contributed by atoms with van der Waals surface area (Å²) >= 11 is 0. The Morgan fingerprint density at radius 3 is 2.29 bits per heavy atom. The summed E-state index contributed by atoms with van der Waals surface area (Å²) in [6.07, 6.45) is -3.56. The van der Waals surface area contributed by atoms with Gasteiger partial charge in [-0.05, 0) is 25.0 Å². The molecule has 1 aliphatic heterocycles. The minimum absolute atomic E-state index is 0.257. The van der Waals surface area contributed by atoms with Gasteiger partial charge < -0.3 is 15.5 Å². The smallest absolute Gasteiger partial charge is 0.352 e. The van der Waals surface area contributed by atoms with Gasteiger partial charge in [0.2, 0.25) is 6.30 Å². The molecule has 2 rings (SSSR count). The molecule has 0 aromatic heterocycles. The summed E-state index contributed by atoms with van der Waals surface area (Å²) in [5.74, 6) is -3.24. The van der Waals surface area contributed by atoms with Crippen molar-refractivity contribution in [1.29, 1.82) is 0 Å². The number of nitrogens with one attached hydrogen (secondary N) is 1. The second-order valence-electron chi connectivity index (χ2n) is 5.53. The monoisotopic (exact) mass is 336 g/mol. The molecule has 2 amide bonds. The normalized spacial score (nSPS) is 20.8. The average molecular weight is 336 g/mol. The van der Waals surface area contributed by atoms with Crippen molar-refractivity contribution < 1.29 is 29.0 Å². The van der Waals surface area contributed by atoms with Crippen LogP contribution in [0.25, 0.3) is 0 Å². The van der Waals surface area contributed by atoms with Gasteiger partial charge in [-0.15, -0.1) is 0 Å². The lowest BCUT2D eigenvalue weighted by molar-refractivity contribution is -0.164. The van der Waals surface area contributed by atoms with E-state index in [-0.39, 0.29) is 5.57 Å². The van der Waals surface area contributed by atoms with Crippen LogP contribution in [0, 0.1) is 0 Å². The molecule has 1 aromatic rings. The highest BCUT2D eigenvalue weighted by atomic mass is 19.1. The average Bonchev–Trinajstić information content (AvgIpc) is 2.56. The fraction of sp³-hybridized carbons (Fsp3) is 0.312. The van der Waals surface area contributed by atoms with Crippen LogP contribution in [0.15, 0.2) is 41.6 Å². The number of rotatable bonds is 5. The molecule has 1 fully saturated rings. The van der Waals surface area contributed by atoms with Crippen LogP contribution in [-0.2, 0) is 14.4 Å². The van der Waals surface area contributed by atoms with Crippen LogP contribution >= 0.6 is 0 Å². The largest absolute Gasteiger partial charge is 0.477 e. The van der Waals surface area contributed by atoms with E-state index in [2.05, 4.69) is 5.32 Å². The van der Waals surface area contributed by atoms with Crippen LogP contribution in [-0.4, -0.2) is 45.2 Å². The molecule has 0 spiro atoms. The fourth-order valence-electron chi connectivity index (χ4n) is 2.40. The maximum atomic E-state index is 14.2. The van der Waals surface area contributed by atoms with Crippen molar-refractivity contribution >= 4 is 17.8 Å². The predicted octanol–water partition coefficient (Wildman–Crippen LogP) is 0.721. The Kier molecular flexibility index (Phi) is 4.99. The minimum atomic E-state index is -2.01. The van der Waals surface area contributed by atoms with Gasteiger partial charge in [0.05, 0.1) is 0 Å². The van der Waals surface area contributed by atoms with Gasteiger partial charge in [-0.2, -0.15) is 0 Å². The SMILES string of the molecule is CC(C)=C(C(=O)O)N1C(=O)C(NC(=O)C(O)c2ccccc2)C1F. The number of likely N-dealkylation sites (tertiary alicyclic amines) is 1. The first-order valence-electron chi connectivity index (χ1n) is 7.17. The van der Waals surface area contributed by atoms with E-state index in [0.717, 1.165) is 0 Å². The van der Waals surface area contributed by atoms with Gasteiger partial charge in [-0.3, -0.25) is 14.5 Å². The number of allylic oxidation sites excluding steroid dienone is 1. The molecule has 0 bridgehead atoms. The third-order valence-corrected chi connectivity index (χ3v) is 3.60. The molecule has 7 nitrogen and oxygen atoms in total. The van der Waals surface area contributed by atoms with E-state index in [9.17, 15) is 23.9 Å². The molecule has 1 heterocycles. The number of alkyl halides is 1. The molecule has 24 heavy (non-hydrogen) atoms. The molecule has 3 atom stereocenters. The van der Waals surface area contributed by atoms with Crippen LogP contribution in [0.3, 0.4) is 0 Å². The number of β-lactam (4-membered cyclic amide) rings is 1. The summed E-state index contributed by atoms with van der Waals surface area (Å²) in [7, 11) is 0. The van der Waals surface area contributed by atoms with Crippen LogP contribution in [0.5, 0.6) is 0 Å². The number of hydrogen-bond donors (Lipinski definition) is 3. The van der Waals surface area contributed by atoms with E-state index in [1.807, 2.05) is 0 Å². The van der Waals surface area contributed by atoms with Gasteiger partial charge in [0.25, 0.3) is 11.8 Å². The van der Waals surface area contributed by atoms with E-state index < -0.39 is 41.9 Å². The number of carboxylic acids is 1. The number of hydrogen-bond acceptors (Lipinski definition) is 4. The lowest BCUT2D eigenvalue weighted by atomic mass is 10.0. The summed E-state index contributed by atoms with van der Waals surface area (Å²) in [5.41, 5.74) is 0.0961.